The molecular weight excluding hydrogens is 427 g/mol. The normalized spacial score (nSPS) is 46.2. The van der Waals surface area contributed by atoms with Gasteiger partial charge in [0.2, 0.25) is 5.78 Å². The molecule has 0 unspecified atom stereocenters. The van der Waals surface area contributed by atoms with E-state index in [-0.39, 0.29) is 42.9 Å². The molecule has 0 saturated heterocycles. The number of ketones is 2. The molecule has 0 aliphatic heterocycles. The largest absolute Gasteiger partial charge is 0.450 e. The zero-order chi connectivity index (χ0) is 24.4. The van der Waals surface area contributed by atoms with Crippen LogP contribution < -0.4 is 0 Å². The minimum absolute atomic E-state index is 0.0217. The lowest BCUT2D eigenvalue weighted by Gasteiger charge is -2.62. The van der Waals surface area contributed by atoms with Crippen molar-refractivity contribution >= 4 is 17.5 Å². The van der Waals surface area contributed by atoms with Crippen molar-refractivity contribution in [2.45, 2.75) is 77.2 Å². The van der Waals surface area contributed by atoms with E-state index in [2.05, 4.69) is 0 Å². The average Bonchev–Trinajstić information content (AvgIpc) is 2.97. The van der Waals surface area contributed by atoms with Crippen molar-refractivity contribution in [3.8, 4) is 0 Å². The van der Waals surface area contributed by atoms with Gasteiger partial charge in [0.15, 0.2) is 17.1 Å². The number of rotatable bonds is 5. The maximum Gasteiger partial charge on any atom is 0.306 e. The molecule has 0 bridgehead atoms. The lowest BCUT2D eigenvalue weighted by Crippen LogP contribution is -2.70. The van der Waals surface area contributed by atoms with Crippen LogP contribution in [0.2, 0.25) is 0 Å². The average molecular weight is 463 g/mol. The smallest absolute Gasteiger partial charge is 0.306 e. The van der Waals surface area contributed by atoms with E-state index in [0.29, 0.717) is 24.8 Å². The molecule has 7 heteroatoms. The molecule has 0 heterocycles. The van der Waals surface area contributed by atoms with E-state index in [9.17, 15) is 19.5 Å². The summed E-state index contributed by atoms with van der Waals surface area (Å²) in [6, 6.07) is 0. The van der Waals surface area contributed by atoms with E-state index in [4.69, 9.17) is 9.47 Å². The molecule has 182 valence electrons. The molecule has 0 aromatic carbocycles. The molecule has 4 rings (SSSR count). The van der Waals surface area contributed by atoms with Gasteiger partial charge in [0.05, 0.1) is 6.10 Å². The fourth-order valence-corrected chi connectivity index (χ4v) is 7.89. The standard InChI is InChI=1S/C26H35FO6/c1-6-22(31)33-26(21(30)14-32-5)15(2)11-19-18-8-7-16-12-17(28)9-10-23(16,3)25(18,27)20(29)13-24(19,26)4/h9-10,12,15,18-20,29H,6-8,11,13-14H2,1-5H3/t15-,18-,19-,20-,23-,24-,25-,26+/m0/s1. The van der Waals surface area contributed by atoms with E-state index in [1.165, 1.54) is 19.3 Å². The molecule has 4 aliphatic carbocycles. The fraction of sp³-hybridized carbons (Fsp3) is 0.731. The number of Topliss-reactive ketones (excluding diaryl/α,β-unsaturated/α-hetero) is 1. The third-order valence-corrected chi connectivity index (χ3v) is 9.43. The second-order valence-electron chi connectivity index (χ2n) is 10.8. The van der Waals surface area contributed by atoms with Gasteiger partial charge < -0.3 is 14.6 Å². The monoisotopic (exact) mass is 462 g/mol. The van der Waals surface area contributed by atoms with Crippen molar-refractivity contribution in [1.82, 2.24) is 0 Å². The molecule has 33 heavy (non-hydrogen) atoms. The van der Waals surface area contributed by atoms with Gasteiger partial charge in [-0.15, -0.1) is 0 Å². The summed E-state index contributed by atoms with van der Waals surface area (Å²) < 4.78 is 28.4. The van der Waals surface area contributed by atoms with E-state index in [0.717, 1.165) is 0 Å². The van der Waals surface area contributed by atoms with E-state index in [1.54, 1.807) is 19.9 Å². The highest BCUT2D eigenvalue weighted by atomic mass is 19.1. The summed E-state index contributed by atoms with van der Waals surface area (Å²) in [6.45, 7) is 6.96. The summed E-state index contributed by atoms with van der Waals surface area (Å²) in [5.41, 5.74) is -4.82. The number of allylic oxidation sites excluding steroid dienone is 4. The molecular formula is C26H35FO6. The van der Waals surface area contributed by atoms with Gasteiger partial charge in [0.1, 0.15) is 6.61 Å². The van der Waals surface area contributed by atoms with Crippen LogP contribution >= 0.6 is 0 Å². The van der Waals surface area contributed by atoms with Crippen molar-refractivity contribution in [2.75, 3.05) is 13.7 Å². The third kappa shape index (κ3) is 2.94. The zero-order valence-corrected chi connectivity index (χ0v) is 20.2. The molecule has 0 radical (unpaired) electrons. The number of aliphatic hydroxyl groups is 1. The van der Waals surface area contributed by atoms with Crippen LogP contribution in [0.25, 0.3) is 0 Å². The molecule has 4 aliphatic rings. The van der Waals surface area contributed by atoms with Gasteiger partial charge in [0.25, 0.3) is 0 Å². The molecule has 0 amide bonds. The van der Waals surface area contributed by atoms with Gasteiger partial charge >= 0.3 is 5.97 Å². The predicted molar refractivity (Wildman–Crippen MR) is 119 cm³/mol. The van der Waals surface area contributed by atoms with Crippen LogP contribution in [0.3, 0.4) is 0 Å². The third-order valence-electron chi connectivity index (χ3n) is 9.43. The number of fused-ring (bicyclic) bond motifs is 5. The number of halogens is 1. The predicted octanol–water partition coefficient (Wildman–Crippen LogP) is 3.51. The van der Waals surface area contributed by atoms with Gasteiger partial charge in [-0.05, 0) is 50.7 Å². The van der Waals surface area contributed by atoms with Crippen LogP contribution in [-0.4, -0.2) is 53.7 Å². The number of alkyl halides is 1. The summed E-state index contributed by atoms with van der Waals surface area (Å²) in [4.78, 5) is 38.1. The number of carbonyl (C=O) groups is 3. The Bertz CT molecular complexity index is 941. The fourth-order valence-electron chi connectivity index (χ4n) is 7.89. The second kappa shape index (κ2) is 7.84. The maximum absolute atomic E-state index is 17.3. The quantitative estimate of drug-likeness (QED) is 0.629. The number of hydrogen-bond donors (Lipinski definition) is 1. The number of methoxy groups -OCH3 is 1. The van der Waals surface area contributed by atoms with Gasteiger partial charge in [0, 0.05) is 36.2 Å². The zero-order valence-electron chi connectivity index (χ0n) is 20.2. The van der Waals surface area contributed by atoms with Gasteiger partial charge in [-0.3, -0.25) is 14.4 Å². The van der Waals surface area contributed by atoms with Crippen LogP contribution in [0.15, 0.2) is 23.8 Å². The molecule has 3 saturated carbocycles. The highest BCUT2D eigenvalue weighted by Crippen LogP contribution is 2.71. The van der Waals surface area contributed by atoms with Gasteiger partial charge in [-0.2, -0.15) is 0 Å². The molecule has 0 aromatic heterocycles. The Morgan fingerprint density at radius 3 is 2.61 bits per heavy atom. The van der Waals surface area contributed by atoms with Crippen LogP contribution in [0.4, 0.5) is 4.39 Å². The van der Waals surface area contributed by atoms with Crippen LogP contribution in [0.1, 0.15) is 59.8 Å². The Hall–Kier alpha value is -1.86. The Morgan fingerprint density at radius 1 is 1.27 bits per heavy atom. The first kappa shape index (κ1) is 24.3. The first-order valence-electron chi connectivity index (χ1n) is 12.0. The molecule has 8 atom stereocenters. The van der Waals surface area contributed by atoms with Gasteiger partial charge in [-0.25, -0.2) is 4.39 Å². The van der Waals surface area contributed by atoms with Gasteiger partial charge in [-0.1, -0.05) is 32.4 Å². The van der Waals surface area contributed by atoms with Crippen LogP contribution in [0.5, 0.6) is 0 Å². The van der Waals surface area contributed by atoms with E-state index < -0.39 is 40.1 Å². The number of hydrogen-bond acceptors (Lipinski definition) is 6. The summed E-state index contributed by atoms with van der Waals surface area (Å²) >= 11 is 0. The molecule has 1 N–H and O–H groups in total. The number of aliphatic hydroxyl groups excluding tert-OH is 1. The van der Waals surface area contributed by atoms with Crippen molar-refractivity contribution < 1.29 is 33.4 Å². The number of carbonyl (C=O) groups excluding carboxylic acids is 3. The van der Waals surface area contributed by atoms with Crippen LogP contribution in [-0.2, 0) is 23.9 Å². The first-order valence-corrected chi connectivity index (χ1v) is 12.0. The maximum atomic E-state index is 17.3. The van der Waals surface area contributed by atoms with Crippen LogP contribution in [0, 0.1) is 28.6 Å². The summed E-state index contributed by atoms with van der Waals surface area (Å²) in [7, 11) is 1.42. The summed E-state index contributed by atoms with van der Waals surface area (Å²) in [6.07, 6.45) is 4.71. The second-order valence-corrected chi connectivity index (χ2v) is 10.8. The minimum Gasteiger partial charge on any atom is -0.450 e. The highest BCUT2D eigenvalue weighted by Gasteiger charge is 2.77. The molecule has 6 nitrogen and oxygen atoms in total. The highest BCUT2D eigenvalue weighted by molar-refractivity contribution is 6.01. The Balaban J connectivity index is 1.84. The first-order chi connectivity index (χ1) is 15.4. The number of ether oxygens (including phenoxy) is 2. The topological polar surface area (TPSA) is 89.9 Å². The summed E-state index contributed by atoms with van der Waals surface area (Å²) in [5, 5.41) is 11.5. The Labute approximate surface area is 194 Å². The lowest BCUT2D eigenvalue weighted by molar-refractivity contribution is -0.228. The van der Waals surface area contributed by atoms with E-state index in [1.807, 2.05) is 13.8 Å². The van der Waals surface area contributed by atoms with Crippen molar-refractivity contribution in [1.29, 1.82) is 0 Å². The Morgan fingerprint density at radius 2 is 1.97 bits per heavy atom. The van der Waals surface area contributed by atoms with Crippen molar-refractivity contribution in [3.05, 3.63) is 23.8 Å². The molecule has 0 spiro atoms. The minimum atomic E-state index is -1.99. The summed E-state index contributed by atoms with van der Waals surface area (Å²) in [5.74, 6) is -2.18. The van der Waals surface area contributed by atoms with Crippen molar-refractivity contribution in [3.63, 3.8) is 0 Å². The lowest BCUT2D eigenvalue weighted by atomic mass is 9.44. The molecule has 0 aromatic rings. The van der Waals surface area contributed by atoms with E-state index >= 15 is 4.39 Å². The Kier molecular flexibility index (Phi) is 5.77. The van der Waals surface area contributed by atoms with Crippen molar-refractivity contribution in [2.24, 2.45) is 28.6 Å². The molecule has 3 fully saturated rings. The number of esters is 1. The SMILES string of the molecule is CCC(=O)O[C@@]1(C(=O)COC)[C@@H](C)C[C@H]2[C@@H]3CCC4=CC(=O)C=C[C@]4(C)[C@@]3(F)[C@@H](O)C[C@@]21C.